The summed E-state index contributed by atoms with van der Waals surface area (Å²) in [6.45, 7) is 2.26. The van der Waals surface area contributed by atoms with E-state index < -0.39 is 12.1 Å². The SMILES string of the molecule is O=C1C[C@@H](N2CCN([C@H]3CC(=O)N(c4ccccc4)C3=O)CC2)C(=O)N1c1ccccc1. The third kappa shape index (κ3) is 3.51. The van der Waals surface area contributed by atoms with Gasteiger partial charge >= 0.3 is 0 Å². The number of anilines is 2. The Morgan fingerprint density at radius 1 is 0.531 bits per heavy atom. The van der Waals surface area contributed by atoms with Crippen LogP contribution in [0.3, 0.4) is 0 Å². The summed E-state index contributed by atoms with van der Waals surface area (Å²) in [6.07, 6.45) is 0.326. The van der Waals surface area contributed by atoms with Crippen LogP contribution >= 0.6 is 0 Å². The van der Waals surface area contributed by atoms with E-state index >= 15 is 0 Å². The van der Waals surface area contributed by atoms with Gasteiger partial charge in [0.25, 0.3) is 11.8 Å². The van der Waals surface area contributed by atoms with Crippen LogP contribution in [0.5, 0.6) is 0 Å². The van der Waals surface area contributed by atoms with Crippen LogP contribution in [0.25, 0.3) is 0 Å². The second-order valence-corrected chi connectivity index (χ2v) is 8.32. The zero-order chi connectivity index (χ0) is 22.2. The van der Waals surface area contributed by atoms with Crippen molar-refractivity contribution in [1.29, 1.82) is 0 Å². The molecular formula is C24H24N4O4. The van der Waals surface area contributed by atoms with Gasteiger partial charge < -0.3 is 0 Å². The van der Waals surface area contributed by atoms with Gasteiger partial charge in [0.15, 0.2) is 0 Å². The summed E-state index contributed by atoms with van der Waals surface area (Å²) in [7, 11) is 0. The summed E-state index contributed by atoms with van der Waals surface area (Å²) in [5.41, 5.74) is 1.19. The lowest BCUT2D eigenvalue weighted by Gasteiger charge is -2.38. The van der Waals surface area contributed by atoms with Crippen molar-refractivity contribution >= 4 is 35.0 Å². The minimum absolute atomic E-state index is 0.163. The first-order valence-corrected chi connectivity index (χ1v) is 10.9. The number of benzene rings is 2. The van der Waals surface area contributed by atoms with Crippen molar-refractivity contribution in [2.24, 2.45) is 0 Å². The molecule has 0 unspecified atom stereocenters. The Kier molecular flexibility index (Phi) is 5.32. The first-order chi connectivity index (χ1) is 15.5. The fraction of sp³-hybridized carbons (Fsp3) is 0.333. The quantitative estimate of drug-likeness (QED) is 0.677. The number of para-hydroxylation sites is 2. The number of piperazine rings is 1. The van der Waals surface area contributed by atoms with Gasteiger partial charge in [0, 0.05) is 26.2 Å². The van der Waals surface area contributed by atoms with Gasteiger partial charge in [-0.05, 0) is 24.3 Å². The number of carbonyl (C=O) groups excluding carboxylic acids is 4. The zero-order valence-electron chi connectivity index (χ0n) is 17.6. The van der Waals surface area contributed by atoms with Crippen LogP contribution in [0, 0.1) is 0 Å². The number of nitrogens with zero attached hydrogens (tertiary/aromatic N) is 4. The van der Waals surface area contributed by atoms with E-state index in [4.69, 9.17) is 0 Å². The van der Waals surface area contributed by atoms with Crippen molar-refractivity contribution in [3.63, 3.8) is 0 Å². The lowest BCUT2D eigenvalue weighted by molar-refractivity contribution is -0.126. The van der Waals surface area contributed by atoms with E-state index in [1.807, 2.05) is 21.9 Å². The third-order valence-electron chi connectivity index (χ3n) is 6.50. The highest BCUT2D eigenvalue weighted by atomic mass is 16.2. The number of carbonyl (C=O) groups is 4. The smallest absolute Gasteiger partial charge is 0.251 e. The van der Waals surface area contributed by atoms with E-state index in [2.05, 4.69) is 0 Å². The minimum Gasteiger partial charge on any atom is -0.289 e. The van der Waals surface area contributed by atoms with Crippen molar-refractivity contribution in [3.8, 4) is 0 Å². The molecule has 4 amide bonds. The number of imide groups is 2. The fourth-order valence-electron chi connectivity index (χ4n) is 4.86. The van der Waals surface area contributed by atoms with Crippen LogP contribution < -0.4 is 9.80 Å². The van der Waals surface area contributed by atoms with Crippen LogP contribution in [0.15, 0.2) is 60.7 Å². The number of hydrogen-bond acceptors (Lipinski definition) is 6. The number of amides is 4. The Balaban J connectivity index is 1.23. The topological polar surface area (TPSA) is 81.2 Å². The highest BCUT2D eigenvalue weighted by Gasteiger charge is 2.46. The van der Waals surface area contributed by atoms with Crippen molar-refractivity contribution in [3.05, 3.63) is 60.7 Å². The first-order valence-electron chi connectivity index (χ1n) is 10.9. The Morgan fingerprint density at radius 2 is 0.875 bits per heavy atom. The molecule has 164 valence electrons. The fourth-order valence-corrected chi connectivity index (χ4v) is 4.86. The lowest BCUT2D eigenvalue weighted by Crippen LogP contribution is -2.56. The van der Waals surface area contributed by atoms with Crippen molar-refractivity contribution in [2.75, 3.05) is 36.0 Å². The average molecular weight is 432 g/mol. The van der Waals surface area contributed by atoms with Gasteiger partial charge in [-0.15, -0.1) is 0 Å². The molecule has 3 saturated heterocycles. The van der Waals surface area contributed by atoms with Crippen molar-refractivity contribution in [2.45, 2.75) is 24.9 Å². The van der Waals surface area contributed by atoms with E-state index in [1.54, 1.807) is 48.5 Å². The molecule has 2 aromatic carbocycles. The Labute approximate surface area is 186 Å². The molecule has 2 atom stereocenters. The van der Waals surface area contributed by atoms with Crippen molar-refractivity contribution in [1.82, 2.24) is 9.80 Å². The molecule has 0 radical (unpaired) electrons. The highest BCUT2D eigenvalue weighted by molar-refractivity contribution is 6.23. The van der Waals surface area contributed by atoms with Crippen LogP contribution in [0.4, 0.5) is 11.4 Å². The van der Waals surface area contributed by atoms with E-state index in [1.165, 1.54) is 9.80 Å². The third-order valence-corrected chi connectivity index (χ3v) is 6.50. The largest absolute Gasteiger partial charge is 0.289 e. The van der Waals surface area contributed by atoms with E-state index in [-0.39, 0.29) is 36.5 Å². The molecule has 8 heteroatoms. The highest BCUT2D eigenvalue weighted by Crippen LogP contribution is 2.29. The summed E-state index contributed by atoms with van der Waals surface area (Å²) in [6, 6.07) is 17.0. The van der Waals surface area contributed by atoms with Gasteiger partial charge in [-0.3, -0.25) is 29.0 Å². The molecule has 0 N–H and O–H groups in total. The van der Waals surface area contributed by atoms with Crippen LogP contribution in [-0.2, 0) is 19.2 Å². The zero-order valence-corrected chi connectivity index (χ0v) is 17.6. The molecule has 3 fully saturated rings. The molecule has 8 nitrogen and oxygen atoms in total. The summed E-state index contributed by atoms with van der Waals surface area (Å²) in [4.78, 5) is 57.7. The standard InChI is InChI=1S/C24H24N4O4/c29-21-15-19(23(31)27(21)17-7-3-1-4-8-17)25-11-13-26(14-12-25)20-16-22(30)28(24(20)32)18-9-5-2-6-10-18/h1-10,19-20H,11-16H2/t19-,20+. The molecule has 0 aliphatic carbocycles. The van der Waals surface area contributed by atoms with E-state index in [0.717, 1.165) is 0 Å². The predicted octanol–water partition coefficient (Wildman–Crippen LogP) is 1.27. The van der Waals surface area contributed by atoms with Gasteiger partial charge in [0.2, 0.25) is 11.8 Å². The second-order valence-electron chi connectivity index (χ2n) is 8.32. The Hall–Kier alpha value is -3.36. The van der Waals surface area contributed by atoms with E-state index in [9.17, 15) is 19.2 Å². The molecular weight excluding hydrogens is 408 g/mol. The summed E-state index contributed by atoms with van der Waals surface area (Å²) in [5, 5.41) is 0. The molecule has 0 bridgehead atoms. The summed E-state index contributed by atoms with van der Waals surface area (Å²) >= 11 is 0. The first kappa shape index (κ1) is 20.5. The lowest BCUT2D eigenvalue weighted by atomic mass is 10.1. The molecule has 5 rings (SSSR count). The predicted molar refractivity (Wildman–Crippen MR) is 118 cm³/mol. The molecule has 0 aromatic heterocycles. The van der Waals surface area contributed by atoms with Crippen molar-refractivity contribution < 1.29 is 19.2 Å². The van der Waals surface area contributed by atoms with Crippen LogP contribution in [-0.4, -0.2) is 71.7 Å². The molecule has 32 heavy (non-hydrogen) atoms. The Morgan fingerprint density at radius 3 is 1.22 bits per heavy atom. The molecule has 3 aliphatic heterocycles. The van der Waals surface area contributed by atoms with Crippen LogP contribution in [0.1, 0.15) is 12.8 Å². The van der Waals surface area contributed by atoms with Gasteiger partial charge in [0.1, 0.15) is 0 Å². The van der Waals surface area contributed by atoms with Crippen LogP contribution in [0.2, 0.25) is 0 Å². The number of hydrogen-bond donors (Lipinski definition) is 0. The summed E-state index contributed by atoms with van der Waals surface area (Å²) < 4.78 is 0. The molecule has 3 aliphatic rings. The van der Waals surface area contributed by atoms with E-state index in [0.29, 0.717) is 37.6 Å². The summed E-state index contributed by atoms with van der Waals surface area (Å²) in [5.74, 6) is -0.776. The normalized spacial score (nSPS) is 25.2. The maximum absolute atomic E-state index is 13.0. The average Bonchev–Trinajstić information content (AvgIpc) is 3.29. The maximum atomic E-state index is 13.0. The molecule has 0 spiro atoms. The molecule has 3 heterocycles. The van der Waals surface area contributed by atoms with Gasteiger partial charge in [-0.2, -0.15) is 0 Å². The minimum atomic E-state index is -0.480. The van der Waals surface area contributed by atoms with Gasteiger partial charge in [-0.25, -0.2) is 9.80 Å². The maximum Gasteiger partial charge on any atom is 0.251 e. The monoisotopic (exact) mass is 432 g/mol. The van der Waals surface area contributed by atoms with Gasteiger partial charge in [-0.1, -0.05) is 36.4 Å². The molecule has 2 aromatic rings. The van der Waals surface area contributed by atoms with Gasteiger partial charge in [0.05, 0.1) is 36.3 Å². The number of rotatable bonds is 4. The molecule has 0 saturated carbocycles. The Bertz CT molecular complexity index is 965. The second kappa shape index (κ2) is 8.29.